The van der Waals surface area contributed by atoms with E-state index in [4.69, 9.17) is 21.1 Å². The molecule has 0 atom stereocenters. The minimum absolute atomic E-state index is 0.230. The lowest BCUT2D eigenvalue weighted by molar-refractivity contribution is -0.111. The van der Waals surface area contributed by atoms with Crippen molar-refractivity contribution in [2.45, 2.75) is 13.5 Å². The Labute approximate surface area is 185 Å². The van der Waals surface area contributed by atoms with Gasteiger partial charge in [-0.25, -0.2) is 9.07 Å². The van der Waals surface area contributed by atoms with E-state index in [-0.39, 0.29) is 12.3 Å². The summed E-state index contributed by atoms with van der Waals surface area (Å²) in [6, 6.07) is 13.7. The second kappa shape index (κ2) is 10.7. The Kier molecular flexibility index (Phi) is 7.81. The maximum absolute atomic E-state index is 13.6. The maximum atomic E-state index is 13.6. The van der Waals surface area contributed by atoms with E-state index >= 15 is 0 Å². The average molecular weight is 444 g/mol. The number of aromatic nitrogens is 2. The number of nitrogens with one attached hydrogen (secondary N) is 1. The van der Waals surface area contributed by atoms with Gasteiger partial charge in [0, 0.05) is 24.8 Å². The molecule has 3 aromatic rings. The van der Waals surface area contributed by atoms with Crippen LogP contribution in [0.25, 0.3) is 6.08 Å². The molecule has 6 nitrogen and oxygen atoms in total. The number of carbonyl (C=O) groups excluding carboxylic acids is 1. The van der Waals surface area contributed by atoms with Crippen LogP contribution in [0.15, 0.2) is 54.6 Å². The predicted molar refractivity (Wildman–Crippen MR) is 119 cm³/mol. The monoisotopic (exact) mass is 443 g/mol. The lowest BCUT2D eigenvalue weighted by atomic mass is 10.2. The minimum atomic E-state index is -0.487. The van der Waals surface area contributed by atoms with Crippen molar-refractivity contribution >= 4 is 29.3 Å². The van der Waals surface area contributed by atoms with Gasteiger partial charge in [-0.3, -0.25) is 4.79 Å². The van der Waals surface area contributed by atoms with Gasteiger partial charge in [-0.1, -0.05) is 41.9 Å². The lowest BCUT2D eigenvalue weighted by Crippen LogP contribution is -2.11. The highest BCUT2D eigenvalue weighted by molar-refractivity contribution is 6.31. The quantitative estimate of drug-likeness (QED) is 0.384. The molecule has 8 heteroatoms. The number of anilines is 1. The first kappa shape index (κ1) is 22.5. The molecule has 1 aromatic heterocycles. The fourth-order valence-electron chi connectivity index (χ4n) is 2.91. The van der Waals surface area contributed by atoms with E-state index in [1.807, 2.05) is 37.3 Å². The van der Waals surface area contributed by atoms with E-state index in [9.17, 15) is 9.18 Å². The largest absolute Gasteiger partial charge is 0.489 e. The SMILES string of the molecule is COCCOc1ccc(F)cc1NC(=O)/C=C/c1c(C)nn(Cc2ccccc2)c1Cl. The first-order valence-corrected chi connectivity index (χ1v) is 10.0. The van der Waals surface area contributed by atoms with Crippen LogP contribution in [0.5, 0.6) is 5.75 Å². The van der Waals surface area contributed by atoms with Crippen molar-refractivity contribution in [2.24, 2.45) is 0 Å². The smallest absolute Gasteiger partial charge is 0.248 e. The molecule has 3 rings (SSSR count). The van der Waals surface area contributed by atoms with Gasteiger partial charge < -0.3 is 14.8 Å². The normalized spacial score (nSPS) is 11.1. The Balaban J connectivity index is 1.71. The summed E-state index contributed by atoms with van der Waals surface area (Å²) < 4.78 is 25.8. The molecule has 0 bridgehead atoms. The fourth-order valence-corrected chi connectivity index (χ4v) is 3.21. The Morgan fingerprint density at radius 2 is 2.00 bits per heavy atom. The average Bonchev–Trinajstić information content (AvgIpc) is 3.01. The fraction of sp³-hybridized carbons (Fsp3) is 0.217. The number of nitrogens with zero attached hydrogens (tertiary/aromatic N) is 2. The number of carbonyl (C=O) groups is 1. The molecule has 162 valence electrons. The van der Waals surface area contributed by atoms with Crippen LogP contribution in [0.3, 0.4) is 0 Å². The molecule has 0 saturated heterocycles. The van der Waals surface area contributed by atoms with Crippen LogP contribution in [-0.2, 0) is 16.1 Å². The molecule has 1 N–H and O–H groups in total. The Hall–Kier alpha value is -3.16. The van der Waals surface area contributed by atoms with Crippen LogP contribution in [0, 0.1) is 12.7 Å². The van der Waals surface area contributed by atoms with Crippen molar-refractivity contribution in [3.8, 4) is 5.75 Å². The van der Waals surface area contributed by atoms with E-state index in [2.05, 4.69) is 10.4 Å². The molecule has 0 aliphatic rings. The topological polar surface area (TPSA) is 65.4 Å². The molecule has 31 heavy (non-hydrogen) atoms. The van der Waals surface area contributed by atoms with E-state index in [0.29, 0.717) is 35.3 Å². The summed E-state index contributed by atoms with van der Waals surface area (Å²) in [6.07, 6.45) is 2.92. The van der Waals surface area contributed by atoms with Crippen molar-refractivity contribution in [3.05, 3.63) is 82.4 Å². The number of methoxy groups -OCH3 is 1. The third-order valence-corrected chi connectivity index (χ3v) is 4.83. The summed E-state index contributed by atoms with van der Waals surface area (Å²) in [5.41, 5.74) is 2.63. The number of ether oxygens (including phenoxy) is 2. The second-order valence-corrected chi connectivity index (χ2v) is 7.10. The van der Waals surface area contributed by atoms with Crippen LogP contribution in [0.1, 0.15) is 16.8 Å². The van der Waals surface area contributed by atoms with Crippen molar-refractivity contribution < 1.29 is 18.7 Å². The maximum Gasteiger partial charge on any atom is 0.248 e. The molecule has 0 unspecified atom stereocenters. The lowest BCUT2D eigenvalue weighted by Gasteiger charge is -2.11. The summed E-state index contributed by atoms with van der Waals surface area (Å²) in [5, 5.41) is 7.52. The summed E-state index contributed by atoms with van der Waals surface area (Å²) in [4.78, 5) is 12.4. The molecule has 0 saturated carbocycles. The standard InChI is InChI=1S/C23H23ClFN3O3/c1-16-19(23(24)28(27-16)15-17-6-4-3-5-7-17)9-11-22(29)26-20-14-18(25)8-10-21(20)31-13-12-30-2/h3-11,14H,12-13,15H2,1-2H3,(H,26,29)/b11-9+. The zero-order valence-corrected chi connectivity index (χ0v) is 18.0. The van der Waals surface area contributed by atoms with Gasteiger partial charge in [-0.05, 0) is 30.7 Å². The molecule has 0 spiro atoms. The van der Waals surface area contributed by atoms with Gasteiger partial charge in [0.05, 0.1) is 24.5 Å². The van der Waals surface area contributed by atoms with Gasteiger partial charge in [0.1, 0.15) is 23.3 Å². The Bertz CT molecular complexity index is 1070. The van der Waals surface area contributed by atoms with Gasteiger partial charge in [-0.15, -0.1) is 0 Å². The molecule has 0 aliphatic heterocycles. The summed E-state index contributed by atoms with van der Waals surface area (Å²) >= 11 is 6.48. The van der Waals surface area contributed by atoms with Gasteiger partial charge in [0.2, 0.25) is 5.91 Å². The number of benzene rings is 2. The molecule has 2 aromatic carbocycles. The molecule has 0 aliphatic carbocycles. The molecule has 0 fully saturated rings. The van der Waals surface area contributed by atoms with E-state index < -0.39 is 11.7 Å². The molecule has 1 heterocycles. The Morgan fingerprint density at radius 3 is 2.74 bits per heavy atom. The summed E-state index contributed by atoms with van der Waals surface area (Å²) in [5.74, 6) is -0.585. The molecular formula is C23H23ClFN3O3. The predicted octanol–water partition coefficient (Wildman–Crippen LogP) is 4.71. The second-order valence-electron chi connectivity index (χ2n) is 6.74. The highest BCUT2D eigenvalue weighted by Crippen LogP contribution is 2.26. The van der Waals surface area contributed by atoms with Crippen LogP contribution >= 0.6 is 11.6 Å². The first-order chi connectivity index (χ1) is 15.0. The number of rotatable bonds is 9. The van der Waals surface area contributed by atoms with Crippen molar-refractivity contribution in [1.29, 1.82) is 0 Å². The van der Waals surface area contributed by atoms with E-state index in [0.717, 1.165) is 5.56 Å². The van der Waals surface area contributed by atoms with Gasteiger partial charge in [0.15, 0.2) is 0 Å². The number of hydrogen-bond donors (Lipinski definition) is 1. The number of aryl methyl sites for hydroxylation is 1. The summed E-state index contributed by atoms with van der Waals surface area (Å²) in [6.45, 7) is 2.98. The third kappa shape index (κ3) is 6.16. The zero-order chi connectivity index (χ0) is 22.2. The van der Waals surface area contributed by atoms with Gasteiger partial charge >= 0.3 is 0 Å². The van der Waals surface area contributed by atoms with Crippen molar-refractivity contribution in [1.82, 2.24) is 9.78 Å². The van der Waals surface area contributed by atoms with Crippen molar-refractivity contribution in [2.75, 3.05) is 25.6 Å². The highest BCUT2D eigenvalue weighted by atomic mass is 35.5. The van der Waals surface area contributed by atoms with Crippen LogP contribution < -0.4 is 10.1 Å². The molecule has 1 amide bonds. The van der Waals surface area contributed by atoms with Gasteiger partial charge in [0.25, 0.3) is 0 Å². The zero-order valence-electron chi connectivity index (χ0n) is 17.3. The number of hydrogen-bond acceptors (Lipinski definition) is 4. The molecule has 0 radical (unpaired) electrons. The number of halogens is 2. The van der Waals surface area contributed by atoms with Crippen LogP contribution in [-0.4, -0.2) is 36.0 Å². The van der Waals surface area contributed by atoms with E-state index in [1.165, 1.54) is 24.3 Å². The highest BCUT2D eigenvalue weighted by Gasteiger charge is 2.13. The summed E-state index contributed by atoms with van der Waals surface area (Å²) in [7, 11) is 1.55. The van der Waals surface area contributed by atoms with Crippen LogP contribution in [0.2, 0.25) is 5.15 Å². The minimum Gasteiger partial charge on any atom is -0.489 e. The number of amides is 1. The first-order valence-electron chi connectivity index (χ1n) is 9.65. The van der Waals surface area contributed by atoms with Crippen LogP contribution in [0.4, 0.5) is 10.1 Å². The third-order valence-electron chi connectivity index (χ3n) is 4.43. The van der Waals surface area contributed by atoms with Crippen molar-refractivity contribution in [3.63, 3.8) is 0 Å². The van der Waals surface area contributed by atoms with E-state index in [1.54, 1.807) is 17.9 Å². The Morgan fingerprint density at radius 1 is 1.23 bits per heavy atom. The van der Waals surface area contributed by atoms with Gasteiger partial charge in [-0.2, -0.15) is 5.10 Å². The molecular weight excluding hydrogens is 421 g/mol.